The van der Waals surface area contributed by atoms with Crippen LogP contribution in [0, 0.1) is 0 Å². The fraction of sp³-hybridized carbons (Fsp3) is 0.400. The Balaban J connectivity index is 1.39. The molecule has 216 valence electrons. The summed E-state index contributed by atoms with van der Waals surface area (Å²) < 4.78 is 11.3. The molecule has 0 aliphatic carbocycles. The minimum absolute atomic E-state index is 0.155. The van der Waals surface area contributed by atoms with E-state index >= 15 is 0 Å². The summed E-state index contributed by atoms with van der Waals surface area (Å²) in [7, 11) is 0. The largest absolute Gasteiger partial charge is 0.457 e. The third-order valence-corrected chi connectivity index (χ3v) is 13.8. The van der Waals surface area contributed by atoms with Crippen LogP contribution in [0.4, 0.5) is 0 Å². The van der Waals surface area contributed by atoms with Crippen molar-refractivity contribution in [3.05, 3.63) is 86.0 Å². The maximum atomic E-state index is 11.9. The smallest absolute Gasteiger partial charge is 0.330 e. The average Bonchev–Trinajstić information content (AvgIpc) is 2.99. The molecule has 1 heterocycles. The van der Waals surface area contributed by atoms with Crippen molar-refractivity contribution in [1.29, 1.82) is 0 Å². The number of benzene rings is 2. The van der Waals surface area contributed by atoms with Gasteiger partial charge in [-0.2, -0.15) is 47.0 Å². The van der Waals surface area contributed by atoms with Crippen molar-refractivity contribution in [3.63, 3.8) is 0 Å². The van der Waals surface area contributed by atoms with Gasteiger partial charge in [0, 0.05) is 78.5 Å². The summed E-state index contributed by atoms with van der Waals surface area (Å²) in [6.07, 6.45) is 2.17. The first-order valence-electron chi connectivity index (χ1n) is 13.0. The molecule has 0 aromatic heterocycles. The van der Waals surface area contributed by atoms with Gasteiger partial charge in [-0.1, -0.05) is 49.6 Å². The maximum Gasteiger partial charge on any atom is 0.330 e. The number of carbonyl (C=O) groups is 2. The monoisotopic (exact) mass is 652 g/mol. The van der Waals surface area contributed by atoms with Crippen LogP contribution in [0.1, 0.15) is 0 Å². The highest BCUT2D eigenvalue weighted by molar-refractivity contribution is 8.09. The van der Waals surface area contributed by atoms with Crippen molar-refractivity contribution >= 4 is 82.5 Å². The molecule has 0 bridgehead atoms. The van der Waals surface area contributed by atoms with Gasteiger partial charge in [-0.3, -0.25) is 0 Å². The van der Waals surface area contributed by atoms with E-state index in [1.807, 2.05) is 71.7 Å². The van der Waals surface area contributed by atoms with Gasteiger partial charge >= 0.3 is 11.9 Å². The Morgan fingerprint density at radius 2 is 1.18 bits per heavy atom. The fourth-order valence-electron chi connectivity index (χ4n) is 3.59. The Kier molecular flexibility index (Phi) is 16.7. The lowest BCUT2D eigenvalue weighted by molar-refractivity contribution is -0.141. The normalized spacial score (nSPS) is 18.3. The van der Waals surface area contributed by atoms with Crippen LogP contribution in [0.25, 0.3) is 0 Å². The molecule has 1 aliphatic rings. The average molecular weight is 653 g/mol. The number of rotatable bonds is 18. The zero-order valence-electron chi connectivity index (χ0n) is 22.4. The SMILES string of the molecule is C=CC(=O)OC(CSCC1CSCC(CSCC(CSc2ccccc2)OC(=O)C=C)S1)CSc1ccccc1. The quantitative estimate of drug-likeness (QED) is 0.0922. The van der Waals surface area contributed by atoms with E-state index in [9.17, 15) is 9.59 Å². The first-order chi connectivity index (χ1) is 19.6. The van der Waals surface area contributed by atoms with Crippen LogP contribution in [0.3, 0.4) is 0 Å². The highest BCUT2D eigenvalue weighted by atomic mass is 32.2. The van der Waals surface area contributed by atoms with Gasteiger partial charge in [0.2, 0.25) is 0 Å². The lowest BCUT2D eigenvalue weighted by Gasteiger charge is -2.29. The van der Waals surface area contributed by atoms with Gasteiger partial charge in [-0.15, -0.1) is 23.5 Å². The third kappa shape index (κ3) is 13.7. The molecule has 0 amide bonds. The molecule has 10 heteroatoms. The van der Waals surface area contributed by atoms with Crippen LogP contribution in [0.2, 0.25) is 0 Å². The van der Waals surface area contributed by atoms with E-state index in [2.05, 4.69) is 49.2 Å². The summed E-state index contributed by atoms with van der Waals surface area (Å²) >= 11 is 11.2. The molecule has 2 aromatic carbocycles. The minimum atomic E-state index is -0.363. The van der Waals surface area contributed by atoms with Crippen LogP contribution < -0.4 is 0 Å². The van der Waals surface area contributed by atoms with E-state index in [-0.39, 0.29) is 24.1 Å². The molecule has 0 saturated carbocycles. The Bertz CT molecular complexity index is 958. The van der Waals surface area contributed by atoms with Crippen molar-refractivity contribution in [3.8, 4) is 0 Å². The second-order valence-electron chi connectivity index (χ2n) is 8.77. The summed E-state index contributed by atoms with van der Waals surface area (Å²) in [6, 6.07) is 20.4. The molecule has 0 radical (unpaired) electrons. The topological polar surface area (TPSA) is 52.6 Å². The molecular weight excluding hydrogens is 617 g/mol. The second kappa shape index (κ2) is 20.0. The summed E-state index contributed by atoms with van der Waals surface area (Å²) in [5.74, 6) is 6.62. The molecule has 1 aliphatic heterocycles. The van der Waals surface area contributed by atoms with Crippen LogP contribution >= 0.6 is 70.6 Å². The molecule has 3 rings (SSSR count). The Morgan fingerprint density at radius 3 is 1.57 bits per heavy atom. The van der Waals surface area contributed by atoms with E-state index in [0.29, 0.717) is 10.5 Å². The van der Waals surface area contributed by atoms with Crippen LogP contribution in [-0.2, 0) is 19.1 Å². The zero-order chi connectivity index (χ0) is 28.4. The van der Waals surface area contributed by atoms with Crippen molar-refractivity contribution in [2.75, 3.05) is 46.0 Å². The van der Waals surface area contributed by atoms with Crippen molar-refractivity contribution in [1.82, 2.24) is 0 Å². The zero-order valence-corrected chi connectivity index (χ0v) is 27.3. The molecule has 0 spiro atoms. The summed E-state index contributed by atoms with van der Waals surface area (Å²) in [5, 5.41) is 1.13. The highest BCUT2D eigenvalue weighted by Crippen LogP contribution is 2.35. The summed E-state index contributed by atoms with van der Waals surface area (Å²) in [6.45, 7) is 7.09. The standard InChI is InChI=1S/C30H36O4S6/c1-3-29(31)33-23(17-38-25-11-7-5-8-12-25)15-35-19-27-21-37-22-28(40-27)20-36-16-24(34-30(32)4-2)18-39-26-13-9-6-10-14-26/h3-14,23-24,27-28H,1-2,15-22H2. The Hall–Kier alpha value is -1.04. The minimum Gasteiger partial charge on any atom is -0.457 e. The van der Waals surface area contributed by atoms with E-state index < -0.39 is 0 Å². The first kappa shape index (κ1) is 33.5. The van der Waals surface area contributed by atoms with Crippen molar-refractivity contribution in [2.45, 2.75) is 32.5 Å². The molecule has 1 fully saturated rings. The third-order valence-electron chi connectivity index (χ3n) is 5.46. The highest BCUT2D eigenvalue weighted by Gasteiger charge is 2.25. The van der Waals surface area contributed by atoms with Crippen molar-refractivity contribution in [2.24, 2.45) is 0 Å². The number of hydrogen-bond acceptors (Lipinski definition) is 10. The number of carbonyl (C=O) groups excluding carboxylic acids is 2. The lowest BCUT2D eigenvalue weighted by atomic mass is 10.4. The summed E-state index contributed by atoms with van der Waals surface area (Å²) in [4.78, 5) is 26.1. The number of esters is 2. The number of thioether (sulfide) groups is 6. The van der Waals surface area contributed by atoms with E-state index in [4.69, 9.17) is 9.47 Å². The molecule has 2 aromatic rings. The van der Waals surface area contributed by atoms with E-state index in [0.717, 1.165) is 46.0 Å². The molecule has 40 heavy (non-hydrogen) atoms. The van der Waals surface area contributed by atoms with Gasteiger partial charge in [-0.25, -0.2) is 9.59 Å². The molecule has 4 nitrogen and oxygen atoms in total. The molecular formula is C30H36O4S6. The first-order valence-corrected chi connectivity index (χ1v) is 19.3. The maximum absolute atomic E-state index is 11.9. The molecule has 0 N–H and O–H groups in total. The predicted molar refractivity (Wildman–Crippen MR) is 182 cm³/mol. The Morgan fingerprint density at radius 1 is 0.750 bits per heavy atom. The summed E-state index contributed by atoms with van der Waals surface area (Å²) in [5.41, 5.74) is 0. The lowest BCUT2D eigenvalue weighted by Crippen LogP contribution is -2.28. The molecule has 4 unspecified atom stereocenters. The van der Waals surface area contributed by atoms with E-state index in [1.165, 1.54) is 21.9 Å². The van der Waals surface area contributed by atoms with Crippen LogP contribution in [0.5, 0.6) is 0 Å². The second-order valence-corrected chi connectivity index (χ2v) is 15.8. The predicted octanol–water partition coefficient (Wildman–Crippen LogP) is 7.45. The molecule has 1 saturated heterocycles. The van der Waals surface area contributed by atoms with Gasteiger partial charge in [0.05, 0.1) is 0 Å². The number of hydrogen-bond donors (Lipinski definition) is 0. The fourth-order valence-corrected chi connectivity index (χ4v) is 11.8. The Labute approximate surface area is 264 Å². The van der Waals surface area contributed by atoms with Crippen LogP contribution in [0.15, 0.2) is 95.8 Å². The number of ether oxygens (including phenoxy) is 2. The molecule has 4 atom stereocenters. The van der Waals surface area contributed by atoms with Crippen molar-refractivity contribution < 1.29 is 19.1 Å². The van der Waals surface area contributed by atoms with Gasteiger partial charge in [-0.05, 0) is 24.3 Å². The van der Waals surface area contributed by atoms with E-state index in [1.54, 1.807) is 23.5 Å². The van der Waals surface area contributed by atoms with Gasteiger partial charge in [0.25, 0.3) is 0 Å². The van der Waals surface area contributed by atoms with Gasteiger partial charge in [0.15, 0.2) is 0 Å². The van der Waals surface area contributed by atoms with Gasteiger partial charge < -0.3 is 9.47 Å². The van der Waals surface area contributed by atoms with Gasteiger partial charge in [0.1, 0.15) is 12.2 Å². The van der Waals surface area contributed by atoms with Crippen LogP contribution in [-0.4, -0.2) is 80.7 Å².